The van der Waals surface area contributed by atoms with E-state index in [0.29, 0.717) is 19.5 Å². The second-order valence-electron chi connectivity index (χ2n) is 11.1. The summed E-state index contributed by atoms with van der Waals surface area (Å²) < 4.78 is -0.656. The van der Waals surface area contributed by atoms with Crippen LogP contribution >= 0.6 is 11.8 Å². The first kappa shape index (κ1) is 27.0. The molecule has 36 heavy (non-hydrogen) atoms. The highest BCUT2D eigenvalue weighted by Gasteiger charge is 2.76. The van der Waals surface area contributed by atoms with Crippen molar-refractivity contribution in [3.63, 3.8) is 0 Å². The fourth-order valence-corrected chi connectivity index (χ4v) is 9.07. The molecule has 7 nitrogen and oxygen atoms in total. The zero-order valence-corrected chi connectivity index (χ0v) is 22.7. The van der Waals surface area contributed by atoms with E-state index in [-0.39, 0.29) is 41.4 Å². The van der Waals surface area contributed by atoms with E-state index < -0.39 is 28.7 Å². The fraction of sp³-hybridized carbons (Fsp3) is 0.679. The van der Waals surface area contributed by atoms with Crippen molar-refractivity contribution in [3.8, 4) is 0 Å². The Bertz CT molecular complexity index is 957. The largest absolute Gasteiger partial charge is 0.394 e. The molecule has 0 aromatic heterocycles. The molecule has 3 unspecified atom stereocenters. The molecular formula is C28H41N3O4S. The first-order chi connectivity index (χ1) is 17.3. The van der Waals surface area contributed by atoms with Crippen LogP contribution in [-0.2, 0) is 20.9 Å². The highest BCUT2D eigenvalue weighted by molar-refractivity contribution is 8.02. The van der Waals surface area contributed by atoms with Crippen molar-refractivity contribution in [2.45, 2.75) is 82.0 Å². The van der Waals surface area contributed by atoms with E-state index in [0.717, 1.165) is 24.8 Å². The molecule has 7 atom stereocenters. The second-order valence-corrected chi connectivity index (χ2v) is 12.7. The highest BCUT2D eigenvalue weighted by atomic mass is 32.2. The predicted octanol–water partition coefficient (Wildman–Crippen LogP) is 2.96. The van der Waals surface area contributed by atoms with Crippen molar-refractivity contribution in [3.05, 3.63) is 35.9 Å². The Labute approximate surface area is 219 Å². The van der Waals surface area contributed by atoms with E-state index in [1.807, 2.05) is 30.3 Å². The third-order valence-electron chi connectivity index (χ3n) is 8.22. The van der Waals surface area contributed by atoms with Crippen LogP contribution in [0.3, 0.4) is 0 Å². The predicted molar refractivity (Wildman–Crippen MR) is 142 cm³/mol. The maximum atomic E-state index is 14.2. The van der Waals surface area contributed by atoms with Gasteiger partial charge in [-0.05, 0) is 36.7 Å². The Morgan fingerprint density at radius 3 is 2.56 bits per heavy atom. The molecule has 0 radical (unpaired) electrons. The molecule has 3 aliphatic heterocycles. The number of thioether (sulfide) groups is 1. The molecule has 0 saturated carbocycles. The van der Waals surface area contributed by atoms with E-state index in [9.17, 15) is 19.5 Å². The number of likely N-dealkylation sites (tertiary alicyclic amines) is 1. The van der Waals surface area contributed by atoms with E-state index in [1.165, 1.54) is 0 Å². The van der Waals surface area contributed by atoms with Gasteiger partial charge in [0.25, 0.3) is 0 Å². The number of unbranched alkanes of at least 4 members (excludes halogenated alkanes) is 1. The zero-order valence-electron chi connectivity index (χ0n) is 21.9. The summed E-state index contributed by atoms with van der Waals surface area (Å²) >= 11 is 1.68. The van der Waals surface area contributed by atoms with Gasteiger partial charge in [0.1, 0.15) is 6.04 Å². The zero-order chi connectivity index (χ0) is 26.0. The molecule has 3 fully saturated rings. The molecular weight excluding hydrogens is 474 g/mol. The molecule has 1 spiro atoms. The lowest BCUT2D eigenvalue weighted by Gasteiger charge is -2.40. The summed E-state index contributed by atoms with van der Waals surface area (Å²) in [6, 6.07) is 8.63. The van der Waals surface area contributed by atoms with Crippen LogP contribution in [0.2, 0.25) is 0 Å². The van der Waals surface area contributed by atoms with Gasteiger partial charge in [-0.25, -0.2) is 0 Å². The molecule has 4 rings (SSSR count). The standard InChI is InChI=1S/C28H41N3O4S/c1-5-6-12-29-26(34)24-28-18(4)14-21(36-28)22(25(33)30-15-19-10-8-7-9-11-19)23(28)27(35)31(24)20(16-32)13-17(2)3/h7-11,17-18,20-24,32H,5-6,12-16H2,1-4H3,(H,29,34)(H,30,33)/t18?,20-,21+,22-,23+,24?,28?/m1/s1. The topological polar surface area (TPSA) is 98.7 Å². The van der Waals surface area contributed by atoms with Crippen LogP contribution in [0.4, 0.5) is 0 Å². The number of aliphatic hydroxyl groups is 1. The summed E-state index contributed by atoms with van der Waals surface area (Å²) in [7, 11) is 0. The molecule has 3 saturated heterocycles. The Balaban J connectivity index is 1.66. The normalized spacial score (nSPS) is 31.6. The molecule has 3 heterocycles. The monoisotopic (exact) mass is 515 g/mol. The average molecular weight is 516 g/mol. The van der Waals surface area contributed by atoms with Gasteiger partial charge < -0.3 is 20.6 Å². The van der Waals surface area contributed by atoms with Gasteiger partial charge in [0.05, 0.1) is 29.2 Å². The molecule has 3 aliphatic rings. The molecule has 198 valence electrons. The number of rotatable bonds is 11. The van der Waals surface area contributed by atoms with Crippen molar-refractivity contribution >= 4 is 29.5 Å². The van der Waals surface area contributed by atoms with Crippen molar-refractivity contribution < 1.29 is 19.5 Å². The van der Waals surface area contributed by atoms with Crippen LogP contribution < -0.4 is 10.6 Å². The molecule has 1 aromatic carbocycles. The van der Waals surface area contributed by atoms with Crippen molar-refractivity contribution in [1.82, 2.24) is 15.5 Å². The number of carbonyl (C=O) groups is 3. The lowest BCUT2D eigenvalue weighted by molar-refractivity contribution is -0.143. The quantitative estimate of drug-likeness (QED) is 0.394. The van der Waals surface area contributed by atoms with Crippen molar-refractivity contribution in [2.24, 2.45) is 23.7 Å². The number of hydrogen-bond acceptors (Lipinski definition) is 5. The fourth-order valence-electron chi connectivity index (χ4n) is 6.66. The van der Waals surface area contributed by atoms with Gasteiger partial charge in [-0.2, -0.15) is 0 Å². The molecule has 0 aliphatic carbocycles. The highest BCUT2D eigenvalue weighted by Crippen LogP contribution is 2.68. The Morgan fingerprint density at radius 1 is 1.19 bits per heavy atom. The molecule has 8 heteroatoms. The van der Waals surface area contributed by atoms with E-state index in [1.54, 1.807) is 16.7 Å². The van der Waals surface area contributed by atoms with Gasteiger partial charge in [-0.1, -0.05) is 64.4 Å². The summed E-state index contributed by atoms with van der Waals surface area (Å²) in [6.07, 6.45) is 3.24. The number of fused-ring (bicyclic) bond motifs is 1. The SMILES string of the molecule is CCCCNC(=O)C1N([C@@H](CO)CC(C)C)C(=O)[C@@H]2[C@H](C(=O)NCc3ccccc3)[C@@H]3CC(C)C12S3. The summed E-state index contributed by atoms with van der Waals surface area (Å²) in [5.74, 6) is -1.07. The van der Waals surface area contributed by atoms with Crippen LogP contribution in [0.1, 0.15) is 58.9 Å². The number of nitrogens with zero attached hydrogens (tertiary/aromatic N) is 1. The number of aliphatic hydroxyl groups excluding tert-OH is 1. The Morgan fingerprint density at radius 2 is 1.92 bits per heavy atom. The maximum Gasteiger partial charge on any atom is 0.244 e. The summed E-state index contributed by atoms with van der Waals surface area (Å²) in [6.45, 7) is 9.09. The van der Waals surface area contributed by atoms with Crippen molar-refractivity contribution in [2.75, 3.05) is 13.2 Å². The molecule has 2 bridgehead atoms. The third-order valence-corrected chi connectivity index (χ3v) is 10.3. The second kappa shape index (κ2) is 11.1. The number of benzene rings is 1. The van der Waals surface area contributed by atoms with Gasteiger partial charge in [0, 0.05) is 18.3 Å². The van der Waals surface area contributed by atoms with Gasteiger partial charge in [-0.15, -0.1) is 11.8 Å². The number of amides is 3. The Hall–Kier alpha value is -2.06. The van der Waals surface area contributed by atoms with E-state index in [2.05, 4.69) is 38.3 Å². The smallest absolute Gasteiger partial charge is 0.244 e. The van der Waals surface area contributed by atoms with Gasteiger partial charge in [-0.3, -0.25) is 14.4 Å². The Kier molecular flexibility index (Phi) is 8.35. The number of nitrogens with one attached hydrogen (secondary N) is 2. The molecule has 3 N–H and O–H groups in total. The van der Waals surface area contributed by atoms with Crippen molar-refractivity contribution in [1.29, 1.82) is 0 Å². The van der Waals surface area contributed by atoms with Crippen LogP contribution in [0.5, 0.6) is 0 Å². The van der Waals surface area contributed by atoms with E-state index in [4.69, 9.17) is 0 Å². The molecule has 3 amide bonds. The van der Waals surface area contributed by atoms with Crippen LogP contribution in [-0.4, -0.2) is 63.0 Å². The van der Waals surface area contributed by atoms with Crippen LogP contribution in [0.25, 0.3) is 0 Å². The number of carbonyl (C=O) groups excluding carboxylic acids is 3. The van der Waals surface area contributed by atoms with Crippen LogP contribution in [0.15, 0.2) is 30.3 Å². The minimum Gasteiger partial charge on any atom is -0.394 e. The average Bonchev–Trinajstić information content (AvgIpc) is 3.45. The van der Waals surface area contributed by atoms with Gasteiger partial charge >= 0.3 is 0 Å². The van der Waals surface area contributed by atoms with E-state index >= 15 is 0 Å². The minimum atomic E-state index is -0.681. The number of hydrogen-bond donors (Lipinski definition) is 3. The third kappa shape index (κ3) is 4.67. The first-order valence-electron chi connectivity index (χ1n) is 13.5. The lowest BCUT2D eigenvalue weighted by Crippen LogP contribution is -2.58. The molecule has 1 aromatic rings. The van der Waals surface area contributed by atoms with Crippen LogP contribution in [0, 0.1) is 23.7 Å². The van der Waals surface area contributed by atoms with Gasteiger partial charge in [0.15, 0.2) is 0 Å². The first-order valence-corrected chi connectivity index (χ1v) is 14.3. The maximum absolute atomic E-state index is 14.2. The summed E-state index contributed by atoms with van der Waals surface area (Å²) in [4.78, 5) is 43.2. The lowest BCUT2D eigenvalue weighted by atomic mass is 9.66. The van der Waals surface area contributed by atoms with Gasteiger partial charge in [0.2, 0.25) is 17.7 Å². The summed E-state index contributed by atoms with van der Waals surface area (Å²) in [5.41, 5.74) is 1.01. The minimum absolute atomic E-state index is 0.00971. The summed E-state index contributed by atoms with van der Waals surface area (Å²) in [5, 5.41) is 16.5.